The molecule has 0 aliphatic rings. The first kappa shape index (κ1) is 17.2. The normalized spacial score (nSPS) is 13.9. The molecule has 0 spiro atoms. The van der Waals surface area contributed by atoms with Crippen LogP contribution in [0.5, 0.6) is 5.75 Å². The molecule has 0 radical (unpaired) electrons. The Balaban J connectivity index is 2.20. The van der Waals surface area contributed by atoms with Crippen LogP contribution in [-0.2, 0) is 11.0 Å². The molecule has 1 unspecified atom stereocenters. The molecular weight excluding hydrogens is 278 g/mol. The molecule has 0 aliphatic carbocycles. The lowest BCUT2D eigenvalue weighted by Gasteiger charge is -2.06. The quantitative estimate of drug-likeness (QED) is 0.463. The highest BCUT2D eigenvalue weighted by Crippen LogP contribution is 2.43. The van der Waals surface area contributed by atoms with E-state index in [0.717, 1.165) is 18.4 Å². The number of benzene rings is 1. The predicted octanol–water partition coefficient (Wildman–Crippen LogP) is 5.43. The van der Waals surface area contributed by atoms with Crippen LogP contribution < -0.4 is 4.52 Å². The SMILES string of the molecule is CCCCCCCCCc1ccc(OP(=O)(O)F)cc1. The monoisotopic (exact) mass is 302 g/mol. The minimum atomic E-state index is -4.94. The second kappa shape index (κ2) is 9.15. The highest BCUT2D eigenvalue weighted by atomic mass is 31.2. The maximum absolute atomic E-state index is 12.4. The first-order chi connectivity index (χ1) is 9.51. The van der Waals surface area contributed by atoms with Crippen molar-refractivity contribution in [2.24, 2.45) is 0 Å². The third-order valence-electron chi connectivity index (χ3n) is 3.21. The van der Waals surface area contributed by atoms with Crippen LogP contribution in [-0.4, -0.2) is 4.89 Å². The molecule has 0 bridgehead atoms. The van der Waals surface area contributed by atoms with Crippen LogP contribution in [0.15, 0.2) is 24.3 Å². The van der Waals surface area contributed by atoms with Gasteiger partial charge < -0.3 is 4.52 Å². The Bertz CT molecular complexity index is 414. The molecule has 0 heterocycles. The van der Waals surface area contributed by atoms with Gasteiger partial charge in [-0.2, -0.15) is 0 Å². The molecule has 0 aliphatic heterocycles. The summed E-state index contributed by atoms with van der Waals surface area (Å²) in [6, 6.07) is 6.67. The van der Waals surface area contributed by atoms with Gasteiger partial charge in [-0.15, -0.1) is 4.20 Å². The topological polar surface area (TPSA) is 46.5 Å². The van der Waals surface area contributed by atoms with Crippen LogP contribution in [0.25, 0.3) is 0 Å². The number of aryl methyl sites for hydroxylation is 1. The first-order valence-electron chi connectivity index (χ1n) is 7.32. The van der Waals surface area contributed by atoms with E-state index in [0.29, 0.717) is 0 Å². The van der Waals surface area contributed by atoms with E-state index in [1.807, 2.05) is 12.1 Å². The summed E-state index contributed by atoms with van der Waals surface area (Å²) in [6.45, 7) is 2.21. The minimum absolute atomic E-state index is 0.0849. The summed E-state index contributed by atoms with van der Waals surface area (Å²) in [5.41, 5.74) is 1.14. The Morgan fingerprint density at radius 3 is 2.15 bits per heavy atom. The summed E-state index contributed by atoms with van der Waals surface area (Å²) in [5, 5.41) is 0. The van der Waals surface area contributed by atoms with E-state index in [4.69, 9.17) is 4.89 Å². The van der Waals surface area contributed by atoms with Gasteiger partial charge in [0.05, 0.1) is 0 Å². The maximum Gasteiger partial charge on any atom is 0.567 e. The molecule has 0 aromatic heterocycles. The summed E-state index contributed by atoms with van der Waals surface area (Å²) >= 11 is 0. The summed E-state index contributed by atoms with van der Waals surface area (Å²) in [5.74, 6) is 0.0849. The lowest BCUT2D eigenvalue weighted by molar-refractivity contribution is 0.330. The fraction of sp³-hybridized carbons (Fsp3) is 0.600. The molecule has 5 heteroatoms. The van der Waals surface area contributed by atoms with E-state index < -0.39 is 7.91 Å². The average molecular weight is 302 g/mol. The number of halogens is 1. The minimum Gasteiger partial charge on any atom is -0.401 e. The summed E-state index contributed by atoms with van der Waals surface area (Å²) in [6.07, 6.45) is 9.83. The Kier molecular flexibility index (Phi) is 7.86. The lowest BCUT2D eigenvalue weighted by atomic mass is 10.0. The molecule has 0 saturated heterocycles. The number of hydrogen-bond donors (Lipinski definition) is 1. The van der Waals surface area contributed by atoms with Crippen molar-refractivity contribution in [3.05, 3.63) is 29.8 Å². The van der Waals surface area contributed by atoms with Gasteiger partial charge in [0.15, 0.2) is 0 Å². The maximum atomic E-state index is 12.4. The highest BCUT2D eigenvalue weighted by Gasteiger charge is 2.18. The van der Waals surface area contributed by atoms with Crippen molar-refractivity contribution >= 4 is 7.91 Å². The van der Waals surface area contributed by atoms with E-state index in [1.165, 1.54) is 50.7 Å². The smallest absolute Gasteiger partial charge is 0.401 e. The van der Waals surface area contributed by atoms with Gasteiger partial charge in [0.1, 0.15) is 5.75 Å². The molecule has 3 nitrogen and oxygen atoms in total. The van der Waals surface area contributed by atoms with Crippen LogP contribution in [0, 0.1) is 0 Å². The summed E-state index contributed by atoms with van der Waals surface area (Å²) in [4.78, 5) is 8.47. The van der Waals surface area contributed by atoms with Crippen LogP contribution in [0.1, 0.15) is 57.4 Å². The van der Waals surface area contributed by atoms with Crippen molar-refractivity contribution in [3.63, 3.8) is 0 Å². The van der Waals surface area contributed by atoms with Gasteiger partial charge in [0, 0.05) is 0 Å². The molecule has 1 N–H and O–H groups in total. The second-order valence-electron chi connectivity index (χ2n) is 5.06. The molecule has 0 amide bonds. The third-order valence-corrected chi connectivity index (χ3v) is 3.65. The molecule has 0 saturated carbocycles. The van der Waals surface area contributed by atoms with E-state index in [-0.39, 0.29) is 5.75 Å². The highest BCUT2D eigenvalue weighted by molar-refractivity contribution is 7.47. The van der Waals surface area contributed by atoms with Crippen molar-refractivity contribution in [2.45, 2.75) is 58.3 Å². The van der Waals surface area contributed by atoms with Gasteiger partial charge in [0.25, 0.3) is 0 Å². The molecule has 114 valence electrons. The zero-order valence-electron chi connectivity index (χ0n) is 12.1. The van der Waals surface area contributed by atoms with Gasteiger partial charge in [-0.3, -0.25) is 4.89 Å². The largest absolute Gasteiger partial charge is 0.567 e. The van der Waals surface area contributed by atoms with Gasteiger partial charge in [-0.05, 0) is 30.5 Å². The Morgan fingerprint density at radius 2 is 1.60 bits per heavy atom. The predicted molar refractivity (Wildman–Crippen MR) is 79.7 cm³/mol. The molecular formula is C15H24FO3P. The van der Waals surface area contributed by atoms with Crippen LogP contribution >= 0.6 is 7.91 Å². The van der Waals surface area contributed by atoms with Crippen molar-refractivity contribution in [3.8, 4) is 5.75 Å². The van der Waals surface area contributed by atoms with Crippen molar-refractivity contribution in [2.75, 3.05) is 0 Å². The Hall–Kier alpha value is -0.860. The van der Waals surface area contributed by atoms with Crippen molar-refractivity contribution in [1.29, 1.82) is 0 Å². The number of hydrogen-bond acceptors (Lipinski definition) is 2. The fourth-order valence-electron chi connectivity index (χ4n) is 2.13. The van der Waals surface area contributed by atoms with E-state index in [9.17, 15) is 8.76 Å². The average Bonchev–Trinajstić information content (AvgIpc) is 2.38. The van der Waals surface area contributed by atoms with E-state index in [1.54, 1.807) is 0 Å². The molecule has 20 heavy (non-hydrogen) atoms. The standard InChI is InChI=1S/C15H24FO3P/c1-2-3-4-5-6-7-8-9-14-10-12-15(13-11-14)19-20(16,17)18/h10-13H,2-9H2,1H3,(H,17,18). The Morgan fingerprint density at radius 1 is 1.05 bits per heavy atom. The van der Waals surface area contributed by atoms with E-state index in [2.05, 4.69) is 11.4 Å². The zero-order chi connectivity index (χ0) is 14.8. The lowest BCUT2D eigenvalue weighted by Crippen LogP contribution is -1.89. The van der Waals surface area contributed by atoms with Gasteiger partial charge in [-0.1, -0.05) is 57.6 Å². The van der Waals surface area contributed by atoms with Crippen molar-refractivity contribution < 1.29 is 18.2 Å². The molecule has 1 aromatic carbocycles. The van der Waals surface area contributed by atoms with Crippen molar-refractivity contribution in [1.82, 2.24) is 0 Å². The first-order valence-corrected chi connectivity index (χ1v) is 8.79. The molecule has 1 rings (SSSR count). The third kappa shape index (κ3) is 8.34. The molecule has 1 atom stereocenters. The van der Waals surface area contributed by atoms with Crippen LogP contribution in [0.4, 0.5) is 4.20 Å². The van der Waals surface area contributed by atoms with Crippen LogP contribution in [0.2, 0.25) is 0 Å². The number of unbranched alkanes of at least 4 members (excludes halogenated alkanes) is 6. The number of rotatable bonds is 10. The Labute approximate surface area is 120 Å². The van der Waals surface area contributed by atoms with E-state index >= 15 is 0 Å². The van der Waals surface area contributed by atoms with Gasteiger partial charge in [0.2, 0.25) is 0 Å². The zero-order valence-corrected chi connectivity index (χ0v) is 12.9. The van der Waals surface area contributed by atoms with Crippen LogP contribution in [0.3, 0.4) is 0 Å². The fourth-order valence-corrected chi connectivity index (χ4v) is 2.51. The van der Waals surface area contributed by atoms with Gasteiger partial charge >= 0.3 is 7.91 Å². The molecule has 0 fully saturated rings. The van der Waals surface area contributed by atoms with Gasteiger partial charge in [-0.25, -0.2) is 4.57 Å². The summed E-state index contributed by atoms with van der Waals surface area (Å²) in [7, 11) is -4.94. The summed E-state index contributed by atoms with van der Waals surface area (Å²) < 4.78 is 27.2. The second-order valence-corrected chi connectivity index (χ2v) is 6.14. The molecule has 1 aromatic rings.